The lowest BCUT2D eigenvalue weighted by atomic mass is 10.1. The SMILES string of the molecule is Cc1sc2nc(/C(=C\c3cc(Cl)c4c(c3)OCO4)C(=O)N3CCCC3)[nH]c(=O)c2c1C. The number of aromatic amines is 1. The quantitative estimate of drug-likeness (QED) is 0.597. The molecule has 1 fully saturated rings. The minimum atomic E-state index is -0.245. The zero-order valence-corrected chi connectivity index (χ0v) is 18.7. The van der Waals surface area contributed by atoms with E-state index < -0.39 is 0 Å². The molecule has 1 aromatic carbocycles. The standard InChI is InChI=1S/C22H20ClN3O4S/c1-11-12(2)31-21-17(11)20(27)24-19(25-21)14(22(28)26-5-3-4-6-26)7-13-8-15(23)18-16(9-13)29-10-30-18/h7-9H,3-6,10H2,1-2H3,(H,24,25,27)/b14-7+. The molecule has 1 N–H and O–H groups in total. The number of nitrogens with one attached hydrogen (secondary N) is 1. The summed E-state index contributed by atoms with van der Waals surface area (Å²) in [6.07, 6.45) is 3.62. The zero-order chi connectivity index (χ0) is 21.7. The first-order valence-corrected chi connectivity index (χ1v) is 11.2. The van der Waals surface area contributed by atoms with Crippen molar-refractivity contribution in [2.45, 2.75) is 26.7 Å². The maximum atomic E-state index is 13.4. The van der Waals surface area contributed by atoms with Crippen LogP contribution in [0.3, 0.4) is 0 Å². The Labute approximate surface area is 187 Å². The molecule has 0 radical (unpaired) electrons. The summed E-state index contributed by atoms with van der Waals surface area (Å²) in [5.41, 5.74) is 1.66. The van der Waals surface area contributed by atoms with Crippen LogP contribution in [-0.2, 0) is 4.79 Å². The van der Waals surface area contributed by atoms with E-state index in [4.69, 9.17) is 21.1 Å². The summed E-state index contributed by atoms with van der Waals surface area (Å²) in [7, 11) is 0. The van der Waals surface area contributed by atoms with Gasteiger partial charge in [0.05, 0.1) is 16.0 Å². The molecule has 2 aliphatic rings. The highest BCUT2D eigenvalue weighted by atomic mass is 35.5. The van der Waals surface area contributed by atoms with Gasteiger partial charge in [0.15, 0.2) is 11.5 Å². The van der Waals surface area contributed by atoms with Gasteiger partial charge in [0.25, 0.3) is 11.5 Å². The van der Waals surface area contributed by atoms with E-state index in [1.807, 2.05) is 13.8 Å². The molecule has 0 bridgehead atoms. The Hall–Kier alpha value is -2.84. The third kappa shape index (κ3) is 3.49. The number of carbonyl (C=O) groups excluding carboxylic acids is 1. The number of halogens is 1. The summed E-state index contributed by atoms with van der Waals surface area (Å²) < 4.78 is 10.8. The third-order valence-corrected chi connectivity index (χ3v) is 7.06. The maximum Gasteiger partial charge on any atom is 0.260 e. The zero-order valence-electron chi connectivity index (χ0n) is 17.1. The van der Waals surface area contributed by atoms with Gasteiger partial charge in [0.1, 0.15) is 10.7 Å². The van der Waals surface area contributed by atoms with Gasteiger partial charge in [-0.2, -0.15) is 0 Å². The number of H-pyrrole nitrogens is 1. The normalized spacial score (nSPS) is 15.8. The molecule has 31 heavy (non-hydrogen) atoms. The number of aromatic nitrogens is 2. The van der Waals surface area contributed by atoms with Gasteiger partial charge in [0, 0.05) is 18.0 Å². The first-order valence-electron chi connectivity index (χ1n) is 10.0. The molecule has 0 saturated carbocycles. The van der Waals surface area contributed by atoms with Crippen molar-refractivity contribution in [2.75, 3.05) is 19.9 Å². The summed E-state index contributed by atoms with van der Waals surface area (Å²) in [5.74, 6) is 1.10. The molecule has 2 aliphatic heterocycles. The molecule has 4 heterocycles. The topological polar surface area (TPSA) is 84.5 Å². The number of thiophene rings is 1. The van der Waals surface area contributed by atoms with Crippen molar-refractivity contribution in [3.63, 3.8) is 0 Å². The minimum absolute atomic E-state index is 0.102. The number of amides is 1. The van der Waals surface area contributed by atoms with Gasteiger partial charge >= 0.3 is 0 Å². The van der Waals surface area contributed by atoms with Crippen LogP contribution in [0, 0.1) is 13.8 Å². The Morgan fingerprint density at radius 3 is 2.81 bits per heavy atom. The van der Waals surface area contributed by atoms with Crippen molar-refractivity contribution in [2.24, 2.45) is 0 Å². The van der Waals surface area contributed by atoms with Crippen molar-refractivity contribution in [1.82, 2.24) is 14.9 Å². The number of likely N-dealkylation sites (tertiary alicyclic amines) is 1. The van der Waals surface area contributed by atoms with Gasteiger partial charge in [-0.3, -0.25) is 9.59 Å². The van der Waals surface area contributed by atoms with Gasteiger partial charge < -0.3 is 19.4 Å². The Bertz CT molecular complexity index is 1300. The second-order valence-corrected chi connectivity index (χ2v) is 9.28. The maximum absolute atomic E-state index is 13.4. The van der Waals surface area contributed by atoms with Gasteiger partial charge in [-0.1, -0.05) is 11.6 Å². The van der Waals surface area contributed by atoms with Crippen LogP contribution in [0.2, 0.25) is 5.02 Å². The van der Waals surface area contributed by atoms with Crippen LogP contribution in [0.1, 0.15) is 34.7 Å². The van der Waals surface area contributed by atoms with E-state index >= 15 is 0 Å². The predicted octanol–water partition coefficient (Wildman–Crippen LogP) is 4.15. The third-order valence-electron chi connectivity index (χ3n) is 5.68. The molecule has 1 amide bonds. The molecule has 0 aliphatic carbocycles. The van der Waals surface area contributed by atoms with Crippen LogP contribution < -0.4 is 15.0 Å². The van der Waals surface area contributed by atoms with E-state index in [0.29, 0.717) is 51.0 Å². The number of aryl methyl sites for hydroxylation is 2. The van der Waals surface area contributed by atoms with Crippen molar-refractivity contribution >= 4 is 50.7 Å². The smallest absolute Gasteiger partial charge is 0.260 e. The van der Waals surface area contributed by atoms with Crippen molar-refractivity contribution in [3.05, 3.63) is 49.3 Å². The van der Waals surface area contributed by atoms with E-state index in [1.165, 1.54) is 11.3 Å². The predicted molar refractivity (Wildman–Crippen MR) is 121 cm³/mol. The van der Waals surface area contributed by atoms with Crippen molar-refractivity contribution in [3.8, 4) is 11.5 Å². The van der Waals surface area contributed by atoms with E-state index in [9.17, 15) is 9.59 Å². The summed E-state index contributed by atoms with van der Waals surface area (Å²) in [6.45, 7) is 5.33. The monoisotopic (exact) mass is 457 g/mol. The average molecular weight is 458 g/mol. The lowest BCUT2D eigenvalue weighted by Gasteiger charge is -2.17. The van der Waals surface area contributed by atoms with Crippen molar-refractivity contribution in [1.29, 1.82) is 0 Å². The molecule has 0 atom stereocenters. The van der Waals surface area contributed by atoms with E-state index in [2.05, 4.69) is 9.97 Å². The number of benzene rings is 1. The van der Waals surface area contributed by atoms with E-state index in [1.54, 1.807) is 23.1 Å². The molecular formula is C22H20ClN3O4S. The molecule has 3 aromatic rings. The molecule has 9 heteroatoms. The molecule has 2 aromatic heterocycles. The molecule has 0 unspecified atom stereocenters. The number of nitrogens with zero attached hydrogens (tertiary/aromatic N) is 2. The highest BCUT2D eigenvalue weighted by molar-refractivity contribution is 7.18. The van der Waals surface area contributed by atoms with E-state index in [0.717, 1.165) is 23.3 Å². The van der Waals surface area contributed by atoms with Gasteiger partial charge in [0.2, 0.25) is 6.79 Å². The molecule has 1 saturated heterocycles. The fraction of sp³-hybridized carbons (Fsp3) is 0.318. The minimum Gasteiger partial charge on any atom is -0.454 e. The van der Waals surface area contributed by atoms with E-state index in [-0.39, 0.29) is 24.1 Å². The highest BCUT2D eigenvalue weighted by Gasteiger charge is 2.26. The number of fused-ring (bicyclic) bond motifs is 2. The Balaban J connectivity index is 1.67. The largest absolute Gasteiger partial charge is 0.454 e. The second kappa shape index (κ2) is 7.69. The molecule has 160 valence electrons. The summed E-state index contributed by atoms with van der Waals surface area (Å²) >= 11 is 7.79. The van der Waals surface area contributed by atoms with Crippen LogP contribution in [0.25, 0.3) is 21.9 Å². The molecule has 0 spiro atoms. The Kier molecular flexibility index (Phi) is 4.98. The fourth-order valence-electron chi connectivity index (χ4n) is 3.94. The number of hydrogen-bond donors (Lipinski definition) is 1. The van der Waals surface area contributed by atoms with Crippen LogP contribution >= 0.6 is 22.9 Å². The Morgan fingerprint density at radius 2 is 2.03 bits per heavy atom. The van der Waals surface area contributed by atoms with Crippen LogP contribution in [0.4, 0.5) is 0 Å². The average Bonchev–Trinajstić information content (AvgIpc) is 3.47. The molecule has 5 rings (SSSR count). The lowest BCUT2D eigenvalue weighted by molar-refractivity contribution is -0.123. The summed E-state index contributed by atoms with van der Waals surface area (Å²) in [4.78, 5) is 37.2. The fourth-order valence-corrected chi connectivity index (χ4v) is 5.25. The van der Waals surface area contributed by atoms with Gasteiger partial charge in [-0.25, -0.2) is 4.98 Å². The first kappa shape index (κ1) is 20.1. The van der Waals surface area contributed by atoms with Crippen LogP contribution in [0.5, 0.6) is 11.5 Å². The van der Waals surface area contributed by atoms with Crippen LogP contribution in [0.15, 0.2) is 16.9 Å². The summed E-state index contributed by atoms with van der Waals surface area (Å²) in [6, 6.07) is 3.48. The molecular weight excluding hydrogens is 438 g/mol. The van der Waals surface area contributed by atoms with Crippen LogP contribution in [-0.4, -0.2) is 40.7 Å². The first-order chi connectivity index (χ1) is 14.9. The molecule has 7 nitrogen and oxygen atoms in total. The number of ether oxygens (including phenoxy) is 2. The summed E-state index contributed by atoms with van der Waals surface area (Å²) in [5, 5.41) is 0.973. The van der Waals surface area contributed by atoms with Gasteiger partial charge in [-0.15, -0.1) is 11.3 Å². The van der Waals surface area contributed by atoms with Gasteiger partial charge in [-0.05, 0) is 56.0 Å². The lowest BCUT2D eigenvalue weighted by Crippen LogP contribution is -2.29. The number of rotatable bonds is 3. The number of hydrogen-bond acceptors (Lipinski definition) is 6. The highest BCUT2D eigenvalue weighted by Crippen LogP contribution is 2.40. The number of carbonyl (C=O) groups is 1. The second-order valence-electron chi connectivity index (χ2n) is 7.67. The Morgan fingerprint density at radius 1 is 1.26 bits per heavy atom. The van der Waals surface area contributed by atoms with Crippen molar-refractivity contribution < 1.29 is 14.3 Å².